The van der Waals surface area contributed by atoms with E-state index in [1.807, 2.05) is 6.92 Å². The van der Waals surface area contributed by atoms with Crippen LogP contribution in [0.4, 0.5) is 0 Å². The number of phenols is 1. The smallest absolute Gasteiger partial charge is 0.307 e. The first-order chi connectivity index (χ1) is 6.61. The number of carboxylic acid groups (broad SMARTS) is 1. The van der Waals surface area contributed by atoms with Crippen molar-refractivity contribution in [1.29, 1.82) is 0 Å². The lowest BCUT2D eigenvalue weighted by atomic mass is 10.1. The molecule has 4 heteroatoms. The second-order valence-electron chi connectivity index (χ2n) is 2.84. The average Bonchev–Trinajstić information content (AvgIpc) is 2.01. The Morgan fingerprint density at radius 3 is 2.71 bits per heavy atom. The van der Waals surface area contributed by atoms with Crippen LogP contribution in [-0.4, -0.2) is 21.9 Å². The SMILES string of the molecule is CCSc1cc(O)cc(CC(=O)O)c1. The first-order valence-electron chi connectivity index (χ1n) is 4.29. The van der Waals surface area contributed by atoms with Gasteiger partial charge in [0.1, 0.15) is 5.75 Å². The van der Waals surface area contributed by atoms with Crippen molar-refractivity contribution in [3.8, 4) is 5.75 Å². The van der Waals surface area contributed by atoms with Gasteiger partial charge in [-0.15, -0.1) is 11.8 Å². The van der Waals surface area contributed by atoms with Gasteiger partial charge in [-0.3, -0.25) is 4.79 Å². The van der Waals surface area contributed by atoms with Crippen LogP contribution in [0.2, 0.25) is 0 Å². The molecule has 0 saturated heterocycles. The van der Waals surface area contributed by atoms with Crippen LogP contribution in [0.25, 0.3) is 0 Å². The lowest BCUT2D eigenvalue weighted by molar-refractivity contribution is -0.136. The summed E-state index contributed by atoms with van der Waals surface area (Å²) in [6.07, 6.45) is -0.0499. The summed E-state index contributed by atoms with van der Waals surface area (Å²) in [6, 6.07) is 4.91. The molecule has 0 aromatic heterocycles. The molecule has 76 valence electrons. The average molecular weight is 212 g/mol. The molecule has 0 radical (unpaired) electrons. The highest BCUT2D eigenvalue weighted by Crippen LogP contribution is 2.24. The van der Waals surface area contributed by atoms with E-state index in [0.717, 1.165) is 10.6 Å². The molecule has 0 fully saturated rings. The molecule has 0 spiro atoms. The van der Waals surface area contributed by atoms with Crippen molar-refractivity contribution < 1.29 is 15.0 Å². The van der Waals surface area contributed by atoms with Crippen LogP contribution >= 0.6 is 11.8 Å². The van der Waals surface area contributed by atoms with Crippen LogP contribution < -0.4 is 0 Å². The maximum atomic E-state index is 10.5. The number of phenolic OH excluding ortho intramolecular Hbond substituents is 1. The van der Waals surface area contributed by atoms with Crippen molar-refractivity contribution in [2.45, 2.75) is 18.2 Å². The number of rotatable bonds is 4. The fourth-order valence-electron chi connectivity index (χ4n) is 1.17. The highest BCUT2D eigenvalue weighted by atomic mass is 32.2. The third kappa shape index (κ3) is 3.30. The van der Waals surface area contributed by atoms with E-state index in [1.165, 1.54) is 6.07 Å². The third-order valence-corrected chi connectivity index (χ3v) is 2.48. The van der Waals surface area contributed by atoms with Gasteiger partial charge in [0, 0.05) is 4.90 Å². The normalized spacial score (nSPS) is 10.1. The summed E-state index contributed by atoms with van der Waals surface area (Å²) in [6.45, 7) is 2.01. The molecule has 0 aliphatic heterocycles. The number of aliphatic carboxylic acids is 1. The zero-order valence-electron chi connectivity index (χ0n) is 7.86. The van der Waals surface area contributed by atoms with Gasteiger partial charge in [-0.25, -0.2) is 0 Å². The van der Waals surface area contributed by atoms with Gasteiger partial charge in [0.15, 0.2) is 0 Å². The van der Waals surface area contributed by atoms with Gasteiger partial charge in [-0.1, -0.05) is 6.92 Å². The van der Waals surface area contributed by atoms with Crippen LogP contribution in [0, 0.1) is 0 Å². The van der Waals surface area contributed by atoms with Gasteiger partial charge in [0.05, 0.1) is 6.42 Å². The molecule has 1 aromatic carbocycles. The summed E-state index contributed by atoms with van der Waals surface area (Å²) in [5, 5.41) is 17.9. The van der Waals surface area contributed by atoms with Crippen LogP contribution in [0.3, 0.4) is 0 Å². The second-order valence-corrected chi connectivity index (χ2v) is 4.18. The van der Waals surface area contributed by atoms with Gasteiger partial charge in [-0.2, -0.15) is 0 Å². The number of hydrogen-bond acceptors (Lipinski definition) is 3. The molecule has 0 bridgehead atoms. The summed E-state index contributed by atoms with van der Waals surface area (Å²) in [5.41, 5.74) is 0.633. The summed E-state index contributed by atoms with van der Waals surface area (Å²) in [7, 11) is 0. The van der Waals surface area contributed by atoms with E-state index in [1.54, 1.807) is 23.9 Å². The van der Waals surface area contributed by atoms with Crippen LogP contribution in [0.1, 0.15) is 12.5 Å². The highest BCUT2D eigenvalue weighted by Gasteiger charge is 2.04. The topological polar surface area (TPSA) is 57.5 Å². The van der Waals surface area contributed by atoms with E-state index >= 15 is 0 Å². The zero-order valence-corrected chi connectivity index (χ0v) is 8.67. The molecular formula is C10H12O3S. The van der Waals surface area contributed by atoms with Crippen LogP contribution in [-0.2, 0) is 11.2 Å². The van der Waals surface area contributed by atoms with Gasteiger partial charge in [0.25, 0.3) is 0 Å². The molecule has 0 atom stereocenters. The van der Waals surface area contributed by atoms with Gasteiger partial charge in [-0.05, 0) is 29.5 Å². The van der Waals surface area contributed by atoms with E-state index in [9.17, 15) is 9.90 Å². The molecule has 3 nitrogen and oxygen atoms in total. The zero-order chi connectivity index (χ0) is 10.6. The standard InChI is InChI=1S/C10H12O3S/c1-2-14-9-4-7(5-10(12)13)3-8(11)6-9/h3-4,6,11H,2,5H2,1H3,(H,12,13). The number of thioether (sulfide) groups is 1. The quantitative estimate of drug-likeness (QED) is 0.751. The Bertz CT molecular complexity index is 336. The predicted molar refractivity (Wildman–Crippen MR) is 55.8 cm³/mol. The minimum Gasteiger partial charge on any atom is -0.508 e. The minimum absolute atomic E-state index is 0.0499. The molecule has 0 saturated carbocycles. The lowest BCUT2D eigenvalue weighted by Crippen LogP contribution is -1.99. The fourth-order valence-corrected chi connectivity index (χ4v) is 1.94. The third-order valence-electron chi connectivity index (χ3n) is 1.62. The van der Waals surface area contributed by atoms with Crippen molar-refractivity contribution >= 4 is 17.7 Å². The summed E-state index contributed by atoms with van der Waals surface area (Å²) in [5.74, 6) is 0.137. The Kier molecular flexibility index (Phi) is 3.83. The lowest BCUT2D eigenvalue weighted by Gasteiger charge is -2.03. The monoisotopic (exact) mass is 212 g/mol. The Morgan fingerprint density at radius 2 is 2.14 bits per heavy atom. The van der Waals surface area contributed by atoms with E-state index < -0.39 is 5.97 Å². The van der Waals surface area contributed by atoms with Crippen molar-refractivity contribution in [3.63, 3.8) is 0 Å². The molecule has 0 aliphatic carbocycles. The maximum Gasteiger partial charge on any atom is 0.307 e. The Hall–Kier alpha value is -1.16. The van der Waals surface area contributed by atoms with Gasteiger partial charge < -0.3 is 10.2 Å². The molecule has 0 amide bonds. The minimum atomic E-state index is -0.886. The maximum absolute atomic E-state index is 10.5. The largest absolute Gasteiger partial charge is 0.508 e. The number of benzene rings is 1. The summed E-state index contributed by atoms with van der Waals surface area (Å²) in [4.78, 5) is 11.4. The van der Waals surface area contributed by atoms with Gasteiger partial charge in [0.2, 0.25) is 0 Å². The Labute approximate surface area is 86.8 Å². The number of aromatic hydroxyl groups is 1. The van der Waals surface area contributed by atoms with Crippen molar-refractivity contribution in [2.75, 3.05) is 5.75 Å². The number of carbonyl (C=O) groups is 1. The molecule has 1 aromatic rings. The Morgan fingerprint density at radius 1 is 1.43 bits per heavy atom. The number of hydrogen-bond donors (Lipinski definition) is 2. The van der Waals surface area contributed by atoms with Crippen molar-refractivity contribution in [3.05, 3.63) is 23.8 Å². The molecule has 0 unspecified atom stereocenters. The highest BCUT2D eigenvalue weighted by molar-refractivity contribution is 7.99. The van der Waals surface area contributed by atoms with E-state index in [0.29, 0.717) is 5.56 Å². The van der Waals surface area contributed by atoms with E-state index in [-0.39, 0.29) is 12.2 Å². The molecule has 0 aliphatic rings. The predicted octanol–water partition coefficient (Wildman–Crippen LogP) is 2.13. The van der Waals surface area contributed by atoms with Gasteiger partial charge >= 0.3 is 5.97 Å². The molecular weight excluding hydrogens is 200 g/mol. The second kappa shape index (κ2) is 4.91. The number of carboxylic acids is 1. The van der Waals surface area contributed by atoms with E-state index in [2.05, 4.69) is 0 Å². The molecule has 2 N–H and O–H groups in total. The van der Waals surface area contributed by atoms with Crippen molar-refractivity contribution in [1.82, 2.24) is 0 Å². The first kappa shape index (κ1) is 10.9. The first-order valence-corrected chi connectivity index (χ1v) is 5.28. The fraction of sp³-hybridized carbons (Fsp3) is 0.300. The molecule has 0 heterocycles. The molecule has 1 rings (SSSR count). The molecule has 14 heavy (non-hydrogen) atoms. The van der Waals surface area contributed by atoms with E-state index in [4.69, 9.17) is 5.11 Å². The van der Waals surface area contributed by atoms with Crippen molar-refractivity contribution in [2.24, 2.45) is 0 Å². The summed E-state index contributed by atoms with van der Waals surface area (Å²) >= 11 is 1.58. The van der Waals surface area contributed by atoms with Crippen LogP contribution in [0.15, 0.2) is 23.1 Å². The van der Waals surface area contributed by atoms with Crippen LogP contribution in [0.5, 0.6) is 5.75 Å². The Balaban J connectivity index is 2.88. The summed E-state index contributed by atoms with van der Waals surface area (Å²) < 4.78 is 0.